The van der Waals surface area contributed by atoms with E-state index in [-0.39, 0.29) is 11.1 Å². The fourth-order valence-corrected chi connectivity index (χ4v) is 2.81. The summed E-state index contributed by atoms with van der Waals surface area (Å²) in [6, 6.07) is 9.41. The number of hydrogen-bond donors (Lipinski definition) is 3. The number of amides is 1. The Morgan fingerprint density at radius 1 is 1.33 bits per heavy atom. The van der Waals surface area contributed by atoms with E-state index in [0.29, 0.717) is 17.9 Å². The lowest BCUT2D eigenvalue weighted by molar-refractivity contribution is 0.0804. The second-order valence-corrected chi connectivity index (χ2v) is 6.48. The molecule has 3 rings (SSSR count). The summed E-state index contributed by atoms with van der Waals surface area (Å²) in [5.41, 5.74) is 1.11. The van der Waals surface area contributed by atoms with Crippen molar-refractivity contribution in [1.82, 2.24) is 15.3 Å². The van der Waals surface area contributed by atoms with Gasteiger partial charge in [0.25, 0.3) is 11.5 Å². The van der Waals surface area contributed by atoms with E-state index in [1.807, 2.05) is 30.3 Å². The number of aryl methyl sites for hydroxylation is 2. The third-order valence-corrected chi connectivity index (χ3v) is 4.74. The highest BCUT2D eigenvalue weighted by Crippen LogP contribution is 2.54. The minimum atomic E-state index is -0.634. The Bertz CT molecular complexity index is 810. The van der Waals surface area contributed by atoms with E-state index >= 15 is 0 Å². The van der Waals surface area contributed by atoms with Gasteiger partial charge in [0.05, 0.1) is 11.8 Å². The van der Waals surface area contributed by atoms with Gasteiger partial charge in [0, 0.05) is 17.7 Å². The molecule has 0 bridgehead atoms. The molecule has 1 aromatic heterocycles. The van der Waals surface area contributed by atoms with Crippen LogP contribution < -0.4 is 10.9 Å². The van der Waals surface area contributed by atoms with Crippen molar-refractivity contribution in [2.24, 2.45) is 5.41 Å². The summed E-state index contributed by atoms with van der Waals surface area (Å²) in [6.45, 7) is 3.79. The zero-order valence-corrected chi connectivity index (χ0v) is 13.8. The molecule has 1 aliphatic carbocycles. The average molecular weight is 327 g/mol. The molecular weight excluding hydrogens is 306 g/mol. The van der Waals surface area contributed by atoms with E-state index in [0.717, 1.165) is 18.4 Å². The van der Waals surface area contributed by atoms with Crippen molar-refractivity contribution in [3.63, 3.8) is 0 Å². The fourth-order valence-electron chi connectivity index (χ4n) is 2.81. The van der Waals surface area contributed by atoms with Gasteiger partial charge in [0.2, 0.25) is 0 Å². The van der Waals surface area contributed by atoms with Crippen LogP contribution in [0.3, 0.4) is 0 Å². The number of carbonyl (C=O) groups is 1. The van der Waals surface area contributed by atoms with E-state index in [9.17, 15) is 14.7 Å². The number of rotatable bonds is 5. The monoisotopic (exact) mass is 327 g/mol. The number of aliphatic hydroxyl groups is 1. The molecule has 0 spiro atoms. The molecule has 126 valence electrons. The molecule has 1 atom stereocenters. The van der Waals surface area contributed by atoms with Gasteiger partial charge in [-0.2, -0.15) is 0 Å². The molecule has 1 heterocycles. The Hall–Kier alpha value is -2.47. The Labute approximate surface area is 140 Å². The van der Waals surface area contributed by atoms with E-state index in [1.54, 1.807) is 13.8 Å². The first kappa shape index (κ1) is 16.4. The number of nitrogens with one attached hydrogen (secondary N) is 2. The predicted octanol–water partition coefficient (Wildman–Crippen LogP) is 1.63. The van der Waals surface area contributed by atoms with Crippen LogP contribution >= 0.6 is 0 Å². The number of hydrogen-bond acceptors (Lipinski definition) is 4. The average Bonchev–Trinajstić information content (AvgIpc) is 3.37. The quantitative estimate of drug-likeness (QED) is 0.778. The Balaban J connectivity index is 1.71. The first-order chi connectivity index (χ1) is 11.4. The van der Waals surface area contributed by atoms with Crippen LogP contribution in [0.5, 0.6) is 0 Å². The van der Waals surface area contributed by atoms with Crippen LogP contribution in [0.25, 0.3) is 0 Å². The summed E-state index contributed by atoms with van der Waals surface area (Å²) < 4.78 is 0. The number of aromatic amines is 1. The molecule has 6 heteroatoms. The number of benzene rings is 1. The van der Waals surface area contributed by atoms with Gasteiger partial charge in [-0.25, -0.2) is 4.98 Å². The van der Waals surface area contributed by atoms with Gasteiger partial charge >= 0.3 is 0 Å². The highest BCUT2D eigenvalue weighted by molar-refractivity contribution is 5.92. The second-order valence-electron chi connectivity index (χ2n) is 6.48. The maximum atomic E-state index is 12.3. The number of aromatic nitrogens is 2. The molecule has 0 aliphatic heterocycles. The van der Waals surface area contributed by atoms with Gasteiger partial charge in [-0.15, -0.1) is 0 Å². The molecule has 3 N–H and O–H groups in total. The smallest absolute Gasteiger partial charge is 0.279 e. The first-order valence-corrected chi connectivity index (χ1v) is 8.02. The van der Waals surface area contributed by atoms with Crippen molar-refractivity contribution >= 4 is 5.91 Å². The topological polar surface area (TPSA) is 95.1 Å². The first-order valence-electron chi connectivity index (χ1n) is 8.02. The van der Waals surface area contributed by atoms with Crippen LogP contribution in [-0.4, -0.2) is 27.5 Å². The van der Waals surface area contributed by atoms with Crippen LogP contribution in [-0.2, 0) is 0 Å². The highest BCUT2D eigenvalue weighted by Gasteiger charge is 2.49. The maximum Gasteiger partial charge on any atom is 0.279 e. The van der Waals surface area contributed by atoms with Crippen molar-refractivity contribution < 1.29 is 9.90 Å². The van der Waals surface area contributed by atoms with E-state index in [1.165, 1.54) is 0 Å². The van der Waals surface area contributed by atoms with Gasteiger partial charge in [-0.05, 0) is 32.3 Å². The van der Waals surface area contributed by atoms with Crippen LogP contribution in [0.4, 0.5) is 0 Å². The zero-order valence-electron chi connectivity index (χ0n) is 13.8. The van der Waals surface area contributed by atoms with Crippen molar-refractivity contribution in [2.75, 3.05) is 6.54 Å². The highest BCUT2D eigenvalue weighted by atomic mass is 16.3. The van der Waals surface area contributed by atoms with Crippen LogP contribution in [0.1, 0.15) is 46.4 Å². The SMILES string of the molecule is Cc1nc(C(=O)NCC2(C(O)c3ccccc3)CC2)c(=O)[nH]c1C. The maximum absolute atomic E-state index is 12.3. The van der Waals surface area contributed by atoms with Gasteiger partial charge < -0.3 is 15.4 Å². The summed E-state index contributed by atoms with van der Waals surface area (Å²) in [6.07, 6.45) is 1.03. The lowest BCUT2D eigenvalue weighted by atomic mass is 9.92. The summed E-state index contributed by atoms with van der Waals surface area (Å²) >= 11 is 0. The summed E-state index contributed by atoms with van der Waals surface area (Å²) in [4.78, 5) is 30.9. The van der Waals surface area contributed by atoms with Gasteiger partial charge in [-0.3, -0.25) is 9.59 Å². The molecule has 1 amide bonds. The summed E-state index contributed by atoms with van der Waals surface area (Å²) in [5.74, 6) is -0.508. The zero-order chi connectivity index (χ0) is 17.3. The molecule has 1 aliphatic rings. The molecule has 2 aromatic rings. The molecule has 6 nitrogen and oxygen atoms in total. The van der Waals surface area contributed by atoms with Gasteiger partial charge in [-0.1, -0.05) is 30.3 Å². The Morgan fingerprint density at radius 3 is 2.62 bits per heavy atom. The van der Waals surface area contributed by atoms with Gasteiger partial charge in [0.15, 0.2) is 5.69 Å². The second kappa shape index (κ2) is 6.20. The van der Waals surface area contributed by atoms with E-state index < -0.39 is 17.6 Å². The Kier molecular flexibility index (Phi) is 4.24. The lowest BCUT2D eigenvalue weighted by Crippen LogP contribution is -2.37. The van der Waals surface area contributed by atoms with Crippen LogP contribution in [0, 0.1) is 19.3 Å². The van der Waals surface area contributed by atoms with E-state index in [2.05, 4.69) is 15.3 Å². The molecule has 24 heavy (non-hydrogen) atoms. The summed E-state index contributed by atoms with van der Waals surface area (Å²) in [5, 5.41) is 13.4. The van der Waals surface area contributed by atoms with Crippen molar-refractivity contribution in [2.45, 2.75) is 32.8 Å². The van der Waals surface area contributed by atoms with E-state index in [4.69, 9.17) is 0 Å². The minimum absolute atomic E-state index is 0.136. The third kappa shape index (κ3) is 3.10. The van der Waals surface area contributed by atoms with Crippen molar-refractivity contribution in [3.8, 4) is 0 Å². The third-order valence-electron chi connectivity index (χ3n) is 4.74. The van der Waals surface area contributed by atoms with Crippen molar-refractivity contribution in [3.05, 3.63) is 63.3 Å². The molecule has 1 fully saturated rings. The lowest BCUT2D eigenvalue weighted by Gasteiger charge is -2.23. The molecule has 0 radical (unpaired) electrons. The molecule has 1 unspecified atom stereocenters. The van der Waals surface area contributed by atoms with Crippen LogP contribution in [0.2, 0.25) is 0 Å². The minimum Gasteiger partial charge on any atom is -0.388 e. The van der Waals surface area contributed by atoms with Crippen LogP contribution in [0.15, 0.2) is 35.1 Å². The molecule has 0 saturated heterocycles. The number of carbonyl (C=O) groups excluding carboxylic acids is 1. The standard InChI is InChI=1S/C18H21N3O3/c1-11-12(2)21-17(24)14(20-11)16(23)19-10-18(8-9-18)15(22)13-6-4-3-5-7-13/h3-7,15,22H,8-10H2,1-2H3,(H,19,23)(H,21,24). The molecular formula is C18H21N3O3. The number of aliphatic hydroxyl groups excluding tert-OH is 1. The molecule has 1 aromatic carbocycles. The van der Waals surface area contributed by atoms with Gasteiger partial charge in [0.1, 0.15) is 0 Å². The number of nitrogens with zero attached hydrogens (tertiary/aromatic N) is 1. The normalized spacial score (nSPS) is 16.5. The number of H-pyrrole nitrogens is 1. The summed E-state index contributed by atoms with van der Waals surface area (Å²) in [7, 11) is 0. The largest absolute Gasteiger partial charge is 0.388 e. The Morgan fingerprint density at radius 2 is 2.00 bits per heavy atom. The van der Waals surface area contributed by atoms with Crippen molar-refractivity contribution in [1.29, 1.82) is 0 Å². The fraction of sp³-hybridized carbons (Fsp3) is 0.389. The predicted molar refractivity (Wildman–Crippen MR) is 89.7 cm³/mol. The molecule has 1 saturated carbocycles.